The van der Waals surface area contributed by atoms with Crippen LogP contribution in [0.1, 0.15) is 80.8 Å². The molecule has 0 saturated heterocycles. The van der Waals surface area contributed by atoms with Crippen molar-refractivity contribution in [3.8, 4) is 0 Å². The highest BCUT2D eigenvalue weighted by molar-refractivity contribution is 7.74. The van der Waals surface area contributed by atoms with E-state index in [1.54, 1.807) is 0 Å². The van der Waals surface area contributed by atoms with Crippen LogP contribution in [-0.2, 0) is 0 Å². The third-order valence-corrected chi connectivity index (χ3v) is 15.9. The minimum Gasteiger partial charge on any atom is -0.0624 e. The number of hydrogen-bond acceptors (Lipinski definition) is 0. The molecule has 0 spiro atoms. The van der Waals surface area contributed by atoms with Crippen LogP contribution >= 0.6 is 15.8 Å². The highest BCUT2D eigenvalue weighted by Gasteiger charge is 2.44. The average Bonchev–Trinajstić information content (AvgIpc) is 3.06. The molecule has 0 radical (unpaired) electrons. The van der Waals surface area contributed by atoms with E-state index < -0.39 is 15.8 Å². The summed E-state index contributed by atoms with van der Waals surface area (Å²) in [5.74, 6) is 0.726. The van der Waals surface area contributed by atoms with Crippen molar-refractivity contribution < 1.29 is 0 Å². The monoisotopic (exact) mass is 718 g/mol. The van der Waals surface area contributed by atoms with Gasteiger partial charge in [0.25, 0.3) is 0 Å². The van der Waals surface area contributed by atoms with Gasteiger partial charge in [-0.15, -0.1) is 0 Å². The SMILES string of the molecule is Cc1cc(C)cc(P(c2cc(C)cc(C)c2)C(c2ccccc2)C(C(C)C)C(c2ccccc2)P(c2cc(C)cc(C)c2)c2cc(C)cc(C)c2)c1. The Morgan fingerprint density at radius 1 is 0.327 bits per heavy atom. The standard InChI is InChI=1S/C50H56P2/c1-33(2)48(49(42-17-13-11-14-18-42)51(44-25-34(3)21-35(4)26-44)45-27-36(5)22-37(6)28-45)50(43-19-15-12-16-20-43)52(46-29-38(7)23-39(8)30-46)47-31-40(9)24-41(10)32-47/h11-33,48-50H,1-10H3. The summed E-state index contributed by atoms with van der Waals surface area (Å²) in [6.07, 6.45) is 0. The van der Waals surface area contributed by atoms with Crippen molar-refractivity contribution in [2.75, 3.05) is 0 Å². The molecule has 6 aromatic rings. The van der Waals surface area contributed by atoms with Crippen LogP contribution in [0.5, 0.6) is 0 Å². The zero-order valence-corrected chi connectivity index (χ0v) is 34.7. The van der Waals surface area contributed by atoms with Crippen LogP contribution in [0.4, 0.5) is 0 Å². The minimum absolute atomic E-state index is 0.269. The molecule has 0 aliphatic carbocycles. The third-order valence-electron chi connectivity index (χ3n) is 10.3. The van der Waals surface area contributed by atoms with Gasteiger partial charge in [-0.05, 0) is 115 Å². The van der Waals surface area contributed by atoms with E-state index in [0.717, 1.165) is 0 Å². The molecule has 266 valence electrons. The molecule has 0 aromatic heterocycles. The van der Waals surface area contributed by atoms with Crippen LogP contribution in [0.25, 0.3) is 0 Å². The lowest BCUT2D eigenvalue weighted by atomic mass is 9.83. The summed E-state index contributed by atoms with van der Waals surface area (Å²) in [7, 11) is -1.65. The average molecular weight is 719 g/mol. The Bertz CT molecular complexity index is 1790. The van der Waals surface area contributed by atoms with Crippen molar-refractivity contribution in [2.24, 2.45) is 11.8 Å². The summed E-state index contributed by atoms with van der Waals surface area (Å²) in [5, 5.41) is 5.91. The van der Waals surface area contributed by atoms with Gasteiger partial charge in [-0.1, -0.05) is 192 Å². The maximum Gasteiger partial charge on any atom is 0.0162 e. The van der Waals surface area contributed by atoms with Gasteiger partial charge < -0.3 is 0 Å². The maximum atomic E-state index is 2.50. The van der Waals surface area contributed by atoms with E-state index in [4.69, 9.17) is 0 Å². The van der Waals surface area contributed by atoms with Crippen LogP contribution < -0.4 is 21.2 Å². The summed E-state index contributed by atoms with van der Waals surface area (Å²) in [6.45, 7) is 23.2. The zero-order chi connectivity index (χ0) is 37.1. The number of hydrogen-bond donors (Lipinski definition) is 0. The molecule has 2 heteroatoms. The largest absolute Gasteiger partial charge is 0.0624 e. The van der Waals surface area contributed by atoms with Gasteiger partial charge in [0.1, 0.15) is 0 Å². The predicted octanol–water partition coefficient (Wildman–Crippen LogP) is 12.5. The lowest BCUT2D eigenvalue weighted by Gasteiger charge is -2.45. The van der Waals surface area contributed by atoms with Crippen LogP contribution in [0, 0.1) is 67.2 Å². The van der Waals surface area contributed by atoms with E-state index >= 15 is 0 Å². The zero-order valence-electron chi connectivity index (χ0n) is 32.9. The Morgan fingerprint density at radius 2 is 0.558 bits per heavy atom. The highest BCUT2D eigenvalue weighted by atomic mass is 31.1. The summed E-state index contributed by atoms with van der Waals surface area (Å²) in [4.78, 5) is 0. The molecule has 0 amide bonds. The van der Waals surface area contributed by atoms with E-state index in [2.05, 4.69) is 203 Å². The number of benzene rings is 6. The van der Waals surface area contributed by atoms with Crippen LogP contribution in [-0.4, -0.2) is 0 Å². The number of aryl methyl sites for hydroxylation is 8. The Morgan fingerprint density at radius 3 is 0.769 bits per heavy atom. The minimum atomic E-state index is -0.827. The van der Waals surface area contributed by atoms with Gasteiger partial charge in [0.15, 0.2) is 0 Å². The van der Waals surface area contributed by atoms with Crippen LogP contribution in [0.2, 0.25) is 0 Å². The molecule has 6 aromatic carbocycles. The topological polar surface area (TPSA) is 0 Å². The van der Waals surface area contributed by atoms with Crippen molar-refractivity contribution in [3.05, 3.63) is 189 Å². The molecule has 0 aliphatic heterocycles. The fourth-order valence-electron chi connectivity index (χ4n) is 8.59. The van der Waals surface area contributed by atoms with E-state index in [-0.39, 0.29) is 11.3 Å². The highest BCUT2D eigenvalue weighted by Crippen LogP contribution is 2.65. The molecular weight excluding hydrogens is 662 g/mol. The summed E-state index contributed by atoms with van der Waals surface area (Å²) < 4.78 is 0. The van der Waals surface area contributed by atoms with Gasteiger partial charge in [0, 0.05) is 11.3 Å². The molecule has 0 aliphatic rings. The first-order valence-corrected chi connectivity index (χ1v) is 21.7. The maximum absolute atomic E-state index is 2.50. The summed E-state index contributed by atoms with van der Waals surface area (Å²) in [6, 6.07) is 52.5. The van der Waals surface area contributed by atoms with Crippen LogP contribution in [0.3, 0.4) is 0 Å². The van der Waals surface area contributed by atoms with Gasteiger partial charge in [0.2, 0.25) is 0 Å². The smallest absolute Gasteiger partial charge is 0.0162 e. The van der Waals surface area contributed by atoms with Gasteiger partial charge in [-0.25, -0.2) is 0 Å². The van der Waals surface area contributed by atoms with Crippen molar-refractivity contribution in [1.29, 1.82) is 0 Å². The Kier molecular flexibility index (Phi) is 12.0. The van der Waals surface area contributed by atoms with E-state index in [1.807, 2.05) is 0 Å². The lowest BCUT2D eigenvalue weighted by molar-refractivity contribution is 0.362. The Balaban J connectivity index is 1.74. The van der Waals surface area contributed by atoms with Crippen molar-refractivity contribution >= 4 is 37.1 Å². The molecule has 52 heavy (non-hydrogen) atoms. The van der Waals surface area contributed by atoms with Crippen LogP contribution in [0.15, 0.2) is 133 Å². The molecular formula is C50H56P2. The fraction of sp³-hybridized carbons (Fsp3) is 0.280. The van der Waals surface area contributed by atoms with Crippen molar-refractivity contribution in [1.82, 2.24) is 0 Å². The normalized spacial score (nSPS) is 13.5. The van der Waals surface area contributed by atoms with Gasteiger partial charge >= 0.3 is 0 Å². The molecule has 2 unspecified atom stereocenters. The first-order chi connectivity index (χ1) is 24.9. The predicted molar refractivity (Wildman–Crippen MR) is 233 cm³/mol. The second-order valence-electron chi connectivity index (χ2n) is 15.7. The quantitative estimate of drug-likeness (QED) is 0.117. The van der Waals surface area contributed by atoms with E-state index in [0.29, 0.717) is 11.8 Å². The molecule has 6 rings (SSSR count). The van der Waals surface area contributed by atoms with Gasteiger partial charge in [0.05, 0.1) is 0 Å². The molecule has 0 N–H and O–H groups in total. The van der Waals surface area contributed by atoms with Gasteiger partial charge in [-0.2, -0.15) is 0 Å². The molecule has 2 atom stereocenters. The first-order valence-electron chi connectivity index (χ1n) is 18.9. The summed E-state index contributed by atoms with van der Waals surface area (Å²) in [5.41, 5.74) is 14.2. The van der Waals surface area contributed by atoms with E-state index in [1.165, 1.54) is 76.9 Å². The second kappa shape index (κ2) is 16.5. The molecule has 0 heterocycles. The van der Waals surface area contributed by atoms with Crippen molar-refractivity contribution in [2.45, 2.75) is 80.6 Å². The third kappa shape index (κ3) is 8.69. The van der Waals surface area contributed by atoms with Gasteiger partial charge in [-0.3, -0.25) is 0 Å². The second-order valence-corrected chi connectivity index (χ2v) is 20.3. The first kappa shape index (κ1) is 37.9. The Labute approximate surface area is 317 Å². The Hall–Kier alpha value is -3.82. The lowest BCUT2D eigenvalue weighted by Crippen LogP contribution is -2.33. The number of rotatable bonds is 11. The fourth-order valence-corrected chi connectivity index (χ4v) is 16.0. The van der Waals surface area contributed by atoms with E-state index in [9.17, 15) is 0 Å². The van der Waals surface area contributed by atoms with Crippen molar-refractivity contribution in [3.63, 3.8) is 0 Å². The molecule has 0 bridgehead atoms. The molecule has 0 fully saturated rings. The molecule has 0 saturated carbocycles. The summed E-state index contributed by atoms with van der Waals surface area (Å²) >= 11 is 0. The molecule has 0 nitrogen and oxygen atoms in total.